The molecule has 0 aliphatic carbocycles. The second-order valence-electron chi connectivity index (χ2n) is 4.95. The largest absolute Gasteiger partial charge is 0.422 e. The quantitative estimate of drug-likeness (QED) is 0.610. The smallest absolute Gasteiger partial charge is 0.258 e. The number of sulfone groups is 2. The molecule has 0 radical (unpaired) electrons. The summed E-state index contributed by atoms with van der Waals surface area (Å²) >= 11 is 1.23. The third kappa shape index (κ3) is 3.24. The standard InChI is InChI=1S/C15H12FNO5S3/c1-2-24(18,19)15-14(17-13(22-15)12-4-3-9-23-12)25(20,21)11-7-5-10(16)6-8-11/h3-9H,2H2,1H3. The van der Waals surface area contributed by atoms with E-state index < -0.39 is 35.6 Å². The molecule has 0 bridgehead atoms. The van der Waals surface area contributed by atoms with Gasteiger partial charge in [0, 0.05) is 0 Å². The number of hydrogen-bond acceptors (Lipinski definition) is 7. The van der Waals surface area contributed by atoms with Crippen LogP contribution in [0.1, 0.15) is 6.92 Å². The lowest BCUT2D eigenvalue weighted by molar-refractivity contribution is 0.446. The zero-order chi connectivity index (χ0) is 18.2. The van der Waals surface area contributed by atoms with Gasteiger partial charge in [0.2, 0.25) is 30.6 Å². The van der Waals surface area contributed by atoms with Crippen molar-refractivity contribution in [3.8, 4) is 10.8 Å². The summed E-state index contributed by atoms with van der Waals surface area (Å²) < 4.78 is 68.5. The van der Waals surface area contributed by atoms with E-state index in [-0.39, 0.29) is 16.5 Å². The molecule has 6 nitrogen and oxygen atoms in total. The normalized spacial score (nSPS) is 12.4. The zero-order valence-electron chi connectivity index (χ0n) is 12.8. The maximum absolute atomic E-state index is 13.1. The van der Waals surface area contributed by atoms with E-state index >= 15 is 0 Å². The summed E-state index contributed by atoms with van der Waals surface area (Å²) in [6.45, 7) is 1.37. The number of nitrogens with zero attached hydrogens (tertiary/aromatic N) is 1. The first kappa shape index (κ1) is 17.8. The molecule has 0 saturated carbocycles. The van der Waals surface area contributed by atoms with Crippen LogP contribution in [-0.2, 0) is 19.7 Å². The Morgan fingerprint density at radius 2 is 1.80 bits per heavy atom. The summed E-state index contributed by atoms with van der Waals surface area (Å²) in [5.74, 6) is -1.06. The fraction of sp³-hybridized carbons (Fsp3) is 0.133. The van der Waals surface area contributed by atoms with Gasteiger partial charge in [-0.05, 0) is 35.7 Å². The first-order valence-corrected chi connectivity index (χ1v) is 11.1. The van der Waals surface area contributed by atoms with Gasteiger partial charge in [0.05, 0.1) is 15.5 Å². The molecule has 10 heteroatoms. The number of rotatable bonds is 5. The molecule has 0 aliphatic heterocycles. The van der Waals surface area contributed by atoms with E-state index in [2.05, 4.69) is 4.98 Å². The highest BCUT2D eigenvalue weighted by atomic mass is 32.2. The third-order valence-corrected chi connectivity index (χ3v) is 7.61. The molecular weight excluding hydrogens is 389 g/mol. The van der Waals surface area contributed by atoms with Gasteiger partial charge in [-0.3, -0.25) is 0 Å². The van der Waals surface area contributed by atoms with Crippen LogP contribution in [0.25, 0.3) is 10.8 Å². The first-order chi connectivity index (χ1) is 11.8. The first-order valence-electron chi connectivity index (χ1n) is 7.04. The van der Waals surface area contributed by atoms with Crippen molar-refractivity contribution in [1.82, 2.24) is 4.98 Å². The van der Waals surface area contributed by atoms with Crippen molar-refractivity contribution in [1.29, 1.82) is 0 Å². The van der Waals surface area contributed by atoms with Crippen LogP contribution in [-0.4, -0.2) is 27.6 Å². The molecule has 2 heterocycles. The Balaban J connectivity index is 2.25. The molecule has 0 N–H and O–H groups in total. The Bertz CT molecular complexity index is 1100. The summed E-state index contributed by atoms with van der Waals surface area (Å²) in [4.78, 5) is 4.14. The van der Waals surface area contributed by atoms with Crippen LogP contribution in [0.5, 0.6) is 0 Å². The summed E-state index contributed by atoms with van der Waals surface area (Å²) in [5.41, 5.74) is 0. The molecule has 1 aromatic carbocycles. The van der Waals surface area contributed by atoms with Gasteiger partial charge in [0.15, 0.2) is 0 Å². The average Bonchev–Trinajstić information content (AvgIpc) is 3.25. The molecule has 25 heavy (non-hydrogen) atoms. The number of oxazole rings is 1. The van der Waals surface area contributed by atoms with E-state index in [1.807, 2.05) is 0 Å². The van der Waals surface area contributed by atoms with Crippen LogP contribution >= 0.6 is 11.3 Å². The predicted molar refractivity (Wildman–Crippen MR) is 89.4 cm³/mol. The van der Waals surface area contributed by atoms with Crippen LogP contribution in [0.2, 0.25) is 0 Å². The minimum Gasteiger partial charge on any atom is -0.422 e. The molecule has 132 valence electrons. The molecule has 2 aromatic heterocycles. The molecule has 3 aromatic rings. The molecule has 0 spiro atoms. The van der Waals surface area contributed by atoms with E-state index in [9.17, 15) is 21.2 Å². The average molecular weight is 401 g/mol. The fourth-order valence-electron chi connectivity index (χ4n) is 2.02. The van der Waals surface area contributed by atoms with Crippen molar-refractivity contribution in [2.45, 2.75) is 21.9 Å². The number of benzene rings is 1. The van der Waals surface area contributed by atoms with Crippen LogP contribution in [0.4, 0.5) is 4.39 Å². The second kappa shape index (κ2) is 6.36. The maximum Gasteiger partial charge on any atom is 0.258 e. The Kier molecular flexibility index (Phi) is 4.52. The molecule has 0 atom stereocenters. The van der Waals surface area contributed by atoms with Gasteiger partial charge in [-0.1, -0.05) is 13.0 Å². The van der Waals surface area contributed by atoms with Gasteiger partial charge < -0.3 is 4.42 Å². The van der Waals surface area contributed by atoms with Crippen molar-refractivity contribution in [3.05, 3.63) is 47.6 Å². The van der Waals surface area contributed by atoms with Crippen molar-refractivity contribution in [2.24, 2.45) is 0 Å². The van der Waals surface area contributed by atoms with Gasteiger partial charge >= 0.3 is 0 Å². The van der Waals surface area contributed by atoms with Crippen molar-refractivity contribution < 1.29 is 25.6 Å². The number of halogens is 1. The Morgan fingerprint density at radius 3 is 2.36 bits per heavy atom. The topological polar surface area (TPSA) is 94.3 Å². The summed E-state index contributed by atoms with van der Waals surface area (Å²) in [6.07, 6.45) is 0. The van der Waals surface area contributed by atoms with E-state index in [1.165, 1.54) is 18.3 Å². The van der Waals surface area contributed by atoms with E-state index in [4.69, 9.17) is 4.42 Å². The van der Waals surface area contributed by atoms with Crippen molar-refractivity contribution in [2.75, 3.05) is 5.75 Å². The highest BCUT2D eigenvalue weighted by Gasteiger charge is 2.34. The zero-order valence-corrected chi connectivity index (χ0v) is 15.3. The van der Waals surface area contributed by atoms with E-state index in [1.54, 1.807) is 17.5 Å². The van der Waals surface area contributed by atoms with Gasteiger partial charge in [0.25, 0.3) is 5.09 Å². The van der Waals surface area contributed by atoms with Crippen LogP contribution in [0.15, 0.2) is 61.2 Å². The lowest BCUT2D eigenvalue weighted by Gasteiger charge is -2.03. The van der Waals surface area contributed by atoms with Crippen LogP contribution < -0.4 is 0 Å². The van der Waals surface area contributed by atoms with Crippen molar-refractivity contribution >= 4 is 31.0 Å². The molecule has 0 amide bonds. The van der Waals surface area contributed by atoms with E-state index in [0.717, 1.165) is 24.3 Å². The SMILES string of the molecule is CCS(=O)(=O)c1oc(-c2cccs2)nc1S(=O)(=O)c1ccc(F)cc1. The van der Waals surface area contributed by atoms with Gasteiger partial charge in [-0.15, -0.1) is 11.3 Å². The Morgan fingerprint density at radius 1 is 1.12 bits per heavy atom. The third-order valence-electron chi connectivity index (χ3n) is 3.34. The van der Waals surface area contributed by atoms with Gasteiger partial charge in [-0.25, -0.2) is 21.2 Å². The Hall–Kier alpha value is -2.04. The number of aromatic nitrogens is 1. The molecule has 0 aliphatic rings. The fourth-order valence-corrected chi connectivity index (χ4v) is 5.34. The lowest BCUT2D eigenvalue weighted by Crippen LogP contribution is -2.10. The number of thiophene rings is 1. The lowest BCUT2D eigenvalue weighted by atomic mass is 10.4. The van der Waals surface area contributed by atoms with Gasteiger partial charge in [0.1, 0.15) is 5.82 Å². The van der Waals surface area contributed by atoms with E-state index in [0.29, 0.717) is 4.88 Å². The maximum atomic E-state index is 13.1. The minimum absolute atomic E-state index is 0.0947. The van der Waals surface area contributed by atoms with Gasteiger partial charge in [-0.2, -0.15) is 4.98 Å². The highest BCUT2D eigenvalue weighted by molar-refractivity contribution is 7.94. The molecule has 0 unspecified atom stereocenters. The monoisotopic (exact) mass is 401 g/mol. The molecular formula is C15H12FNO5S3. The predicted octanol–water partition coefficient (Wildman–Crippen LogP) is 3.17. The van der Waals surface area contributed by atoms with Crippen molar-refractivity contribution in [3.63, 3.8) is 0 Å². The molecule has 0 fully saturated rings. The van der Waals surface area contributed by atoms with Crippen LogP contribution in [0, 0.1) is 5.82 Å². The van der Waals surface area contributed by atoms with Crippen LogP contribution in [0.3, 0.4) is 0 Å². The summed E-state index contributed by atoms with van der Waals surface area (Å²) in [7, 11) is -8.27. The molecule has 3 rings (SSSR count). The molecule has 0 saturated heterocycles. The highest BCUT2D eigenvalue weighted by Crippen LogP contribution is 2.33. The number of hydrogen-bond donors (Lipinski definition) is 0. The minimum atomic E-state index is -4.30. The summed E-state index contributed by atoms with van der Waals surface area (Å²) in [6, 6.07) is 7.38. The second-order valence-corrected chi connectivity index (χ2v) is 9.94. The Labute approximate surface area is 147 Å². The summed E-state index contributed by atoms with van der Waals surface area (Å²) in [5, 5.41) is 0.328.